The van der Waals surface area contributed by atoms with Gasteiger partial charge in [0, 0.05) is 17.0 Å². The van der Waals surface area contributed by atoms with E-state index in [9.17, 15) is 14.4 Å². The summed E-state index contributed by atoms with van der Waals surface area (Å²) < 4.78 is 12.2. The first kappa shape index (κ1) is 20.9. The van der Waals surface area contributed by atoms with Gasteiger partial charge in [-0.15, -0.1) is 0 Å². The molecule has 0 bridgehead atoms. The number of pyridine rings is 1. The Bertz CT molecular complexity index is 1450. The number of aryl methyl sites for hydroxylation is 1. The number of carbonyl (C=O) groups excluding carboxylic acids is 2. The predicted octanol–water partition coefficient (Wildman–Crippen LogP) is 3.75. The Morgan fingerprint density at radius 3 is 2.64 bits per heavy atom. The summed E-state index contributed by atoms with van der Waals surface area (Å²) in [6, 6.07) is 11.3. The molecule has 0 spiro atoms. The molecular weight excluding hydrogens is 422 g/mol. The topological polar surface area (TPSA) is 103 Å². The minimum atomic E-state index is -0.475. The molecule has 1 saturated carbocycles. The first-order chi connectivity index (χ1) is 16.0. The number of carbonyl (C=O) groups is 2. The van der Waals surface area contributed by atoms with Crippen LogP contribution in [0.5, 0.6) is 0 Å². The number of esters is 1. The average Bonchev–Trinajstić information content (AvgIpc) is 3.53. The van der Waals surface area contributed by atoms with Gasteiger partial charge in [-0.3, -0.25) is 14.4 Å². The lowest BCUT2D eigenvalue weighted by atomic mass is 9.96. The first-order valence-electron chi connectivity index (χ1n) is 10.9. The number of aromatic nitrogens is 2. The van der Waals surface area contributed by atoms with Gasteiger partial charge in [0.1, 0.15) is 6.54 Å². The highest BCUT2D eigenvalue weighted by Crippen LogP contribution is 2.40. The molecule has 2 aromatic heterocycles. The summed E-state index contributed by atoms with van der Waals surface area (Å²) in [6.07, 6.45) is 3.26. The quantitative estimate of drug-likeness (QED) is 0.454. The van der Waals surface area contributed by atoms with E-state index in [-0.39, 0.29) is 30.7 Å². The zero-order valence-corrected chi connectivity index (χ0v) is 18.4. The van der Waals surface area contributed by atoms with Crippen molar-refractivity contribution in [2.45, 2.75) is 32.7 Å². The maximum Gasteiger partial charge on any atom is 0.325 e. The van der Waals surface area contributed by atoms with Crippen molar-refractivity contribution in [3.05, 3.63) is 64.3 Å². The number of oxazole rings is 1. The summed E-state index contributed by atoms with van der Waals surface area (Å²) in [5.41, 5.74) is 4.91. The Morgan fingerprint density at radius 1 is 1.18 bits per heavy atom. The highest BCUT2D eigenvalue weighted by atomic mass is 16.5. The highest BCUT2D eigenvalue weighted by molar-refractivity contribution is 6.04. The smallest absolute Gasteiger partial charge is 0.325 e. The van der Waals surface area contributed by atoms with E-state index in [1.54, 1.807) is 19.1 Å². The monoisotopic (exact) mass is 445 g/mol. The van der Waals surface area contributed by atoms with Gasteiger partial charge >= 0.3 is 5.97 Å². The molecule has 0 aliphatic heterocycles. The van der Waals surface area contributed by atoms with Crippen molar-refractivity contribution in [3.63, 3.8) is 0 Å². The van der Waals surface area contributed by atoms with Crippen LogP contribution in [0.3, 0.4) is 0 Å². The number of benzene rings is 2. The molecule has 2 heterocycles. The van der Waals surface area contributed by atoms with E-state index in [1.165, 1.54) is 6.39 Å². The molecular formula is C25H23N3O5. The molecule has 1 amide bonds. The predicted molar refractivity (Wildman–Crippen MR) is 123 cm³/mol. The van der Waals surface area contributed by atoms with Crippen LogP contribution in [0.2, 0.25) is 0 Å². The third-order valence-electron chi connectivity index (χ3n) is 5.97. The van der Waals surface area contributed by atoms with Crippen molar-refractivity contribution >= 4 is 33.9 Å². The van der Waals surface area contributed by atoms with Crippen LogP contribution < -0.4 is 10.9 Å². The van der Waals surface area contributed by atoms with Gasteiger partial charge in [0.2, 0.25) is 0 Å². The fraction of sp³-hybridized carbons (Fsp3) is 0.280. The number of amides is 1. The van der Waals surface area contributed by atoms with E-state index in [1.807, 2.05) is 35.8 Å². The molecule has 0 saturated heterocycles. The van der Waals surface area contributed by atoms with E-state index in [0.717, 1.165) is 40.4 Å². The maximum absolute atomic E-state index is 13.1. The lowest BCUT2D eigenvalue weighted by Crippen LogP contribution is -2.30. The summed E-state index contributed by atoms with van der Waals surface area (Å²) in [7, 11) is 0. The molecule has 0 radical (unpaired) electrons. The van der Waals surface area contributed by atoms with E-state index in [2.05, 4.69) is 10.3 Å². The Balaban J connectivity index is 1.52. The number of rotatable bonds is 6. The fourth-order valence-electron chi connectivity index (χ4n) is 4.26. The van der Waals surface area contributed by atoms with Gasteiger partial charge in [0.25, 0.3) is 11.5 Å². The largest absolute Gasteiger partial charge is 0.465 e. The van der Waals surface area contributed by atoms with Crippen LogP contribution >= 0.6 is 0 Å². The van der Waals surface area contributed by atoms with E-state index >= 15 is 0 Å². The molecule has 1 fully saturated rings. The number of fused-ring (bicyclic) bond motifs is 3. The second kappa shape index (κ2) is 8.20. The Labute approximate surface area is 189 Å². The summed E-state index contributed by atoms with van der Waals surface area (Å²) in [5, 5.41) is 3.42. The van der Waals surface area contributed by atoms with Crippen LogP contribution in [-0.2, 0) is 9.53 Å². The van der Waals surface area contributed by atoms with Crippen molar-refractivity contribution in [2.24, 2.45) is 0 Å². The van der Waals surface area contributed by atoms with Gasteiger partial charge < -0.3 is 19.0 Å². The Kier molecular flexibility index (Phi) is 5.20. The zero-order valence-electron chi connectivity index (χ0n) is 18.4. The Hall–Kier alpha value is -3.94. The second-order valence-corrected chi connectivity index (χ2v) is 8.14. The SMILES string of the molecule is CCOC(=O)CNC(=O)c1ccc(-c2ccc3c4ocnc4c(=O)n(C4CC4)c3c2C)cc1. The van der Waals surface area contributed by atoms with Crippen LogP contribution in [0.4, 0.5) is 0 Å². The number of hydrogen-bond acceptors (Lipinski definition) is 6. The number of hydrogen-bond donors (Lipinski definition) is 1. The molecule has 33 heavy (non-hydrogen) atoms. The standard InChI is InChI=1S/C25H23N3O5/c1-3-32-20(29)12-26-24(30)16-6-4-15(5-7-16)18-10-11-19-22(14(18)2)28(17-8-9-17)25(31)21-23(19)33-13-27-21/h4-7,10-11,13,17H,3,8-9,12H2,1-2H3,(H,26,30). The van der Waals surface area contributed by atoms with Gasteiger partial charge in [-0.05, 0) is 61.6 Å². The minimum Gasteiger partial charge on any atom is -0.465 e. The molecule has 5 rings (SSSR count). The molecule has 1 aliphatic carbocycles. The summed E-state index contributed by atoms with van der Waals surface area (Å²) >= 11 is 0. The summed E-state index contributed by atoms with van der Waals surface area (Å²) in [5.74, 6) is -0.822. The molecule has 8 nitrogen and oxygen atoms in total. The van der Waals surface area contributed by atoms with Crippen LogP contribution in [0.15, 0.2) is 52.0 Å². The van der Waals surface area contributed by atoms with Gasteiger partial charge in [0.05, 0.1) is 12.1 Å². The van der Waals surface area contributed by atoms with Gasteiger partial charge in [-0.25, -0.2) is 4.98 Å². The Morgan fingerprint density at radius 2 is 1.94 bits per heavy atom. The van der Waals surface area contributed by atoms with E-state index < -0.39 is 5.97 Å². The molecule has 0 unspecified atom stereocenters. The second-order valence-electron chi connectivity index (χ2n) is 8.14. The summed E-state index contributed by atoms with van der Waals surface area (Å²) in [6.45, 7) is 3.81. The number of nitrogens with zero attached hydrogens (tertiary/aromatic N) is 2. The first-order valence-corrected chi connectivity index (χ1v) is 10.9. The van der Waals surface area contributed by atoms with Crippen molar-refractivity contribution in [1.29, 1.82) is 0 Å². The maximum atomic E-state index is 13.1. The van der Waals surface area contributed by atoms with Gasteiger partial charge in [0.15, 0.2) is 17.5 Å². The lowest BCUT2D eigenvalue weighted by Gasteiger charge is -2.15. The summed E-state index contributed by atoms with van der Waals surface area (Å²) in [4.78, 5) is 41.1. The molecule has 2 aromatic carbocycles. The normalized spacial score (nSPS) is 13.4. The van der Waals surface area contributed by atoms with Gasteiger partial charge in [-0.1, -0.05) is 18.2 Å². The molecule has 0 atom stereocenters. The molecule has 168 valence electrons. The lowest BCUT2D eigenvalue weighted by molar-refractivity contribution is -0.141. The van der Waals surface area contributed by atoms with Crippen molar-refractivity contribution in [2.75, 3.05) is 13.2 Å². The van der Waals surface area contributed by atoms with Crippen LogP contribution in [0, 0.1) is 6.92 Å². The van der Waals surface area contributed by atoms with Crippen molar-refractivity contribution < 1.29 is 18.7 Å². The van der Waals surface area contributed by atoms with Crippen molar-refractivity contribution in [3.8, 4) is 11.1 Å². The highest BCUT2D eigenvalue weighted by Gasteiger charge is 2.29. The number of nitrogens with one attached hydrogen (secondary N) is 1. The van der Waals surface area contributed by atoms with E-state index in [0.29, 0.717) is 16.7 Å². The zero-order chi connectivity index (χ0) is 23.1. The minimum absolute atomic E-state index is 0.123. The average molecular weight is 445 g/mol. The molecule has 1 aliphatic rings. The van der Waals surface area contributed by atoms with Crippen molar-refractivity contribution in [1.82, 2.24) is 14.9 Å². The van der Waals surface area contributed by atoms with E-state index in [4.69, 9.17) is 9.15 Å². The molecule has 4 aromatic rings. The van der Waals surface area contributed by atoms with Gasteiger partial charge in [-0.2, -0.15) is 0 Å². The van der Waals surface area contributed by atoms with Crippen LogP contribution in [-0.4, -0.2) is 34.6 Å². The fourth-order valence-corrected chi connectivity index (χ4v) is 4.26. The van der Waals surface area contributed by atoms with Crippen LogP contribution in [0.1, 0.15) is 41.7 Å². The third kappa shape index (κ3) is 3.67. The molecule has 8 heteroatoms. The third-order valence-corrected chi connectivity index (χ3v) is 5.97. The number of ether oxygens (including phenoxy) is 1. The molecule has 1 N–H and O–H groups in total. The van der Waals surface area contributed by atoms with Crippen LogP contribution in [0.25, 0.3) is 33.1 Å².